The molecule has 0 saturated heterocycles. The van der Waals surface area contributed by atoms with Gasteiger partial charge in [0, 0.05) is 35.5 Å². The molecule has 4 aromatic carbocycles. The number of nitrogens with zero attached hydrogens (tertiary/aromatic N) is 1. The quantitative estimate of drug-likeness (QED) is 0.00344. The largest absolute Gasteiger partial charge is 0.500 e. The van der Waals surface area contributed by atoms with E-state index in [4.69, 9.17) is 54.2 Å². The molecule has 0 saturated carbocycles. The normalized spacial score (nSPS) is 12.3. The van der Waals surface area contributed by atoms with Crippen molar-refractivity contribution in [2.75, 3.05) is 111 Å². The predicted molar refractivity (Wildman–Crippen MR) is 348 cm³/mol. The zero-order valence-corrected chi connectivity index (χ0v) is 54.6. The molecule has 5 aromatic rings. The summed E-state index contributed by atoms with van der Waals surface area (Å²) in [5.74, 6) is 2.23. The highest BCUT2D eigenvalue weighted by Gasteiger charge is 2.33. The number of carbonyl (C=O) groups is 8. The number of ether oxygens (including phenoxy) is 13. The maximum Gasteiger partial charge on any atom is 0.348 e. The Morgan fingerprint density at radius 2 is 1.14 bits per heavy atom. The molecule has 524 valence electrons. The highest BCUT2D eigenvalue weighted by molar-refractivity contribution is 6.16. The Kier molecular flexibility index (Phi) is 35.4. The summed E-state index contributed by atoms with van der Waals surface area (Å²) in [5, 5.41) is 36.6. The molecule has 1 aromatic heterocycles. The molecule has 0 radical (unpaired) electrons. The fraction of sp³-hybridized carbons (Fsp3) is 0.359. The number of nitrogens with two attached hydrogens (primary N) is 2. The van der Waals surface area contributed by atoms with E-state index in [-0.39, 0.29) is 79.8 Å². The summed E-state index contributed by atoms with van der Waals surface area (Å²) in [6.07, 6.45) is 0.0321. The van der Waals surface area contributed by atoms with Gasteiger partial charge >= 0.3 is 41.8 Å². The van der Waals surface area contributed by atoms with Gasteiger partial charge in [0.1, 0.15) is 40.9 Å². The highest BCUT2D eigenvalue weighted by Crippen LogP contribution is 2.42. The molecule has 96 heavy (non-hydrogen) atoms. The molecule has 0 fully saturated rings. The molecule has 0 bridgehead atoms. The van der Waals surface area contributed by atoms with Crippen molar-refractivity contribution in [3.05, 3.63) is 136 Å². The van der Waals surface area contributed by atoms with Crippen molar-refractivity contribution in [3.8, 4) is 23.0 Å². The Morgan fingerprint density at radius 1 is 0.625 bits per heavy atom. The molecule has 12 N–H and O–H groups in total. The fourth-order valence-electron chi connectivity index (χ4n) is 8.14. The average molecular weight is 1350 g/mol. The fourth-order valence-corrected chi connectivity index (χ4v) is 8.14. The van der Waals surface area contributed by atoms with Crippen LogP contribution in [0.15, 0.2) is 102 Å². The zero-order valence-electron chi connectivity index (χ0n) is 54.6. The van der Waals surface area contributed by atoms with Gasteiger partial charge in [-0.15, -0.1) is 0 Å². The van der Waals surface area contributed by atoms with Crippen LogP contribution in [0.5, 0.6) is 23.0 Å². The number of pyridine rings is 1. The van der Waals surface area contributed by atoms with Gasteiger partial charge in [-0.3, -0.25) is 21.5 Å². The topological polar surface area (TPSA) is 442 Å². The number of aliphatic hydroxyl groups excluding tert-OH is 3. The number of rotatable bonds is 24. The monoisotopic (exact) mass is 1350 g/mol. The number of fused-ring (bicyclic) bond motifs is 1. The molecular formula is C64H84N8O24. The molecule has 2 aliphatic heterocycles. The van der Waals surface area contributed by atoms with E-state index < -0.39 is 60.4 Å². The van der Waals surface area contributed by atoms with Crippen LogP contribution < -0.4 is 57.4 Å². The van der Waals surface area contributed by atoms with Gasteiger partial charge in [0.15, 0.2) is 23.7 Å². The Bertz CT molecular complexity index is 3540. The molecule has 3 heterocycles. The number of hydrogen-bond acceptors (Lipinski definition) is 31. The minimum absolute atomic E-state index is 0. The second kappa shape index (κ2) is 41.7. The van der Waals surface area contributed by atoms with E-state index in [1.807, 2.05) is 0 Å². The lowest BCUT2D eigenvalue weighted by molar-refractivity contribution is -0.148. The van der Waals surface area contributed by atoms with Gasteiger partial charge in [0.05, 0.1) is 134 Å². The summed E-state index contributed by atoms with van der Waals surface area (Å²) in [7, 11) is 9.80. The van der Waals surface area contributed by atoms with E-state index in [0.717, 1.165) is 12.5 Å². The lowest BCUT2D eigenvalue weighted by Crippen LogP contribution is -2.34. The first-order valence-corrected chi connectivity index (χ1v) is 28.7. The van der Waals surface area contributed by atoms with E-state index in [1.165, 1.54) is 80.2 Å². The van der Waals surface area contributed by atoms with Crippen molar-refractivity contribution in [2.24, 2.45) is 5.84 Å². The molecule has 0 aliphatic carbocycles. The van der Waals surface area contributed by atoms with Gasteiger partial charge in [-0.05, 0) is 108 Å². The van der Waals surface area contributed by atoms with E-state index in [1.54, 1.807) is 84.0 Å². The number of anilines is 4. The summed E-state index contributed by atoms with van der Waals surface area (Å²) in [4.78, 5) is 97.2. The minimum Gasteiger partial charge on any atom is -0.500 e. The zero-order chi connectivity index (χ0) is 70.9. The summed E-state index contributed by atoms with van der Waals surface area (Å²) in [5.41, 5.74) is 17.1. The van der Waals surface area contributed by atoms with Crippen LogP contribution in [0.2, 0.25) is 0 Å². The molecule has 7 rings (SSSR count). The second-order valence-electron chi connectivity index (χ2n) is 18.3. The second-order valence-corrected chi connectivity index (χ2v) is 18.3. The van der Waals surface area contributed by atoms with Crippen LogP contribution >= 0.6 is 0 Å². The number of nitrogen functional groups attached to an aromatic ring is 1. The van der Waals surface area contributed by atoms with Crippen molar-refractivity contribution in [1.82, 2.24) is 15.8 Å². The third-order valence-electron chi connectivity index (χ3n) is 12.6. The van der Waals surface area contributed by atoms with E-state index >= 15 is 0 Å². The Balaban J connectivity index is 0.000000414. The Labute approximate surface area is 553 Å². The van der Waals surface area contributed by atoms with Crippen molar-refractivity contribution in [2.45, 2.75) is 67.6 Å². The van der Waals surface area contributed by atoms with Gasteiger partial charge in [-0.1, -0.05) is 7.43 Å². The number of aromatic nitrogens is 1. The average Bonchev–Trinajstić information content (AvgIpc) is 0.764. The lowest BCUT2D eigenvalue weighted by Gasteiger charge is -2.29. The van der Waals surface area contributed by atoms with E-state index in [9.17, 15) is 53.7 Å². The third-order valence-corrected chi connectivity index (χ3v) is 12.6. The van der Waals surface area contributed by atoms with E-state index in [2.05, 4.69) is 50.8 Å². The van der Waals surface area contributed by atoms with E-state index in [0.29, 0.717) is 80.1 Å². The first kappa shape index (κ1) is 81.3. The van der Waals surface area contributed by atoms with Gasteiger partial charge in [-0.25, -0.2) is 44.0 Å². The number of hydrogen-bond donors (Lipinski definition) is 10. The van der Waals surface area contributed by atoms with Crippen molar-refractivity contribution in [1.29, 1.82) is 0 Å². The highest BCUT2D eigenvalue weighted by atomic mass is 16.6. The van der Waals surface area contributed by atoms with Crippen LogP contribution in [0, 0.1) is 0 Å². The Hall–Kier alpha value is -10.8. The number of aliphatic hydroxyl groups is 3. The maximum atomic E-state index is 11.9. The molecule has 0 spiro atoms. The summed E-state index contributed by atoms with van der Waals surface area (Å²) < 4.78 is 63.5. The van der Waals surface area contributed by atoms with Gasteiger partial charge in [0.25, 0.3) is 5.91 Å². The first-order valence-electron chi connectivity index (χ1n) is 28.7. The number of nitrogens with one attached hydrogen (secondary N) is 5. The van der Waals surface area contributed by atoms with Crippen LogP contribution in [0.1, 0.15) is 114 Å². The van der Waals surface area contributed by atoms with Crippen molar-refractivity contribution >= 4 is 81.3 Å². The predicted octanol–water partition coefficient (Wildman–Crippen LogP) is 5.58. The smallest absolute Gasteiger partial charge is 0.348 e. The summed E-state index contributed by atoms with van der Waals surface area (Å²) in [6.45, 7) is 11.3. The van der Waals surface area contributed by atoms with Crippen LogP contribution in [-0.2, 0) is 61.8 Å². The lowest BCUT2D eigenvalue weighted by atomic mass is 9.92. The number of methoxy groups -OCH3 is 7. The Morgan fingerprint density at radius 3 is 1.62 bits per heavy atom. The third kappa shape index (κ3) is 22.2. The SMILES string of the molecule is C.CCOC(=O)C(=CNc1cc(C(=O)OC)ccc1OC)C(=O)OCC.CCOC(O)C1=CNc2c(OC)ccc(C(=O)OC)c2C1O.CCOC=C(C(=O)OCC)C(=O)OCC.COC(=O)c1ccc(OC)c(N)c1.COc1ccc2c3c(cc(C(O)NN)nc13)NNC2=O. The number of esters is 7. The van der Waals surface area contributed by atoms with Crippen LogP contribution in [0.4, 0.5) is 22.7 Å². The van der Waals surface area contributed by atoms with Crippen molar-refractivity contribution in [3.63, 3.8) is 0 Å². The minimum atomic E-state index is -1.28. The standard InChI is InChI=1S/C17H21NO7.C15H19NO6.C12H13N5O3.C10H16O5.C9H11NO3.CH4/c1-5-24-16(20)12(17(21)25-6-2)10-18-13-9-11(15(19)23-4)7-8-14(13)22-3;1-4-22-15(19)9-7-16-12-10(20-2)6-5-8(14(18)21-3)11(12)13(9)17;1-20-8-3-2-5-9-6(16-17-11(5)18)4-7(12(19)15-13)14-10(8)9;1-4-13-7-8(9(11)14-5-2)10(12)15-6-3;1-12-8-4-3-6(5-7(8)10)9(11)13-2;/h7-10,18H,5-6H2,1-4H3;5-7,13,15-17,19H,4H2,1-3H3;2-4,12,15-16,19H,13H2,1H3,(H,17,18);7H,4-6H2,1-3H3;3-5H,10H2,1-2H3;1H4. The summed E-state index contributed by atoms with van der Waals surface area (Å²) >= 11 is 0. The van der Waals surface area contributed by atoms with Crippen LogP contribution in [-0.4, -0.2) is 164 Å². The maximum absolute atomic E-state index is 11.9. The van der Waals surface area contributed by atoms with Gasteiger partial charge < -0.3 is 93.3 Å². The number of amides is 1. The molecule has 3 unspecified atom stereocenters. The van der Waals surface area contributed by atoms with Gasteiger partial charge in [0.2, 0.25) is 0 Å². The number of benzene rings is 4. The number of carbonyl (C=O) groups excluding carboxylic acids is 8. The molecule has 32 nitrogen and oxygen atoms in total. The van der Waals surface area contributed by atoms with Crippen molar-refractivity contribution < 1.29 is 115 Å². The molecule has 1 amide bonds. The molecule has 3 atom stereocenters. The molecule has 32 heteroatoms. The van der Waals surface area contributed by atoms with Crippen LogP contribution in [0.3, 0.4) is 0 Å². The molecular weight excluding hydrogens is 1260 g/mol. The van der Waals surface area contributed by atoms with Gasteiger partial charge in [-0.2, -0.15) is 0 Å². The van der Waals surface area contributed by atoms with Crippen LogP contribution in [0.25, 0.3) is 10.9 Å². The summed E-state index contributed by atoms with van der Waals surface area (Å²) in [6, 6.07) is 17.3. The molecule has 2 aliphatic rings. The first-order chi connectivity index (χ1) is 45.5. The number of hydrazine groups is 2.